The number of nitrogens with two attached hydrogens (primary N) is 1. The Balaban J connectivity index is 5.60. The maximum absolute atomic E-state index is 11.9. The van der Waals surface area contributed by atoms with E-state index in [9.17, 15) is 4.79 Å². The number of aliphatic imine (C=N–C) groups is 1. The van der Waals surface area contributed by atoms with Crippen LogP contribution in [0.1, 0.15) is 48.0 Å². The normalized spacial score (nSPS) is 13.6. The van der Waals surface area contributed by atoms with E-state index in [0.717, 1.165) is 24.3 Å². The zero-order valence-electron chi connectivity index (χ0n) is 14.3. The minimum absolute atomic E-state index is 0.158. The molecule has 0 rings (SSSR count). The second-order valence-electron chi connectivity index (χ2n) is 5.66. The van der Waals surface area contributed by atoms with Crippen molar-refractivity contribution in [3.05, 3.63) is 11.3 Å². The van der Waals surface area contributed by atoms with E-state index in [-0.39, 0.29) is 11.7 Å². The lowest BCUT2D eigenvalue weighted by molar-refractivity contribution is -0.138. The first kappa shape index (κ1) is 19.6. The molecule has 0 fully saturated rings. The largest absolute Gasteiger partial charge is 0.461 e. The van der Waals surface area contributed by atoms with Gasteiger partial charge in [-0.3, -0.25) is 4.99 Å². The molecule has 21 heavy (non-hydrogen) atoms. The van der Waals surface area contributed by atoms with Crippen molar-refractivity contribution < 1.29 is 9.53 Å². The number of nitrogens with one attached hydrogen (secondary N) is 1. The lowest BCUT2D eigenvalue weighted by Gasteiger charge is -2.17. The minimum atomic E-state index is -0.467. The smallest absolute Gasteiger partial charge is 0.354 e. The average molecular weight is 297 g/mol. The molecule has 5 nitrogen and oxygen atoms in total. The van der Waals surface area contributed by atoms with Crippen LogP contribution in [0.25, 0.3) is 0 Å². The fourth-order valence-electron chi connectivity index (χ4n) is 1.89. The molecule has 0 saturated heterocycles. The van der Waals surface area contributed by atoms with Crippen LogP contribution < -0.4 is 11.1 Å². The third-order valence-corrected chi connectivity index (χ3v) is 2.74. The molecule has 0 heterocycles. The van der Waals surface area contributed by atoms with Crippen LogP contribution in [0.15, 0.2) is 16.3 Å². The van der Waals surface area contributed by atoms with Crippen LogP contribution in [-0.2, 0) is 9.53 Å². The van der Waals surface area contributed by atoms with Gasteiger partial charge >= 0.3 is 5.97 Å². The minimum Gasteiger partial charge on any atom is -0.461 e. The molecule has 0 aliphatic carbocycles. The third kappa shape index (κ3) is 7.85. The van der Waals surface area contributed by atoms with Crippen molar-refractivity contribution in [3.63, 3.8) is 0 Å². The van der Waals surface area contributed by atoms with Crippen molar-refractivity contribution in [2.24, 2.45) is 16.6 Å². The van der Waals surface area contributed by atoms with Crippen LogP contribution in [0.4, 0.5) is 0 Å². The van der Waals surface area contributed by atoms with E-state index in [2.05, 4.69) is 24.2 Å². The van der Waals surface area contributed by atoms with Gasteiger partial charge in [0.25, 0.3) is 0 Å². The maximum Gasteiger partial charge on any atom is 0.354 e. The number of hydrogen-bond donors (Lipinski definition) is 2. The first-order valence-corrected chi connectivity index (χ1v) is 7.76. The predicted octanol–water partition coefficient (Wildman–Crippen LogP) is 2.27. The molecule has 0 aromatic carbocycles. The fourth-order valence-corrected chi connectivity index (χ4v) is 1.89. The number of esters is 1. The van der Waals surface area contributed by atoms with Crippen LogP contribution in [0.2, 0.25) is 0 Å². The Morgan fingerprint density at radius 2 is 1.86 bits per heavy atom. The second-order valence-corrected chi connectivity index (χ2v) is 5.66. The first-order chi connectivity index (χ1) is 9.83. The molecule has 0 bridgehead atoms. The van der Waals surface area contributed by atoms with Crippen molar-refractivity contribution in [1.29, 1.82) is 0 Å². The van der Waals surface area contributed by atoms with E-state index in [4.69, 9.17) is 10.5 Å². The van der Waals surface area contributed by atoms with E-state index < -0.39 is 5.97 Å². The lowest BCUT2D eigenvalue weighted by atomic mass is 9.98. The number of carbonyl (C=O) groups excluding carboxylic acids is 1. The summed E-state index contributed by atoms with van der Waals surface area (Å²) in [6, 6.07) is 0.158. The van der Waals surface area contributed by atoms with E-state index in [1.807, 2.05) is 20.8 Å². The number of likely N-dealkylation sites (N-methyl/N-ethyl adjacent to an activating group) is 1. The zero-order valence-corrected chi connectivity index (χ0v) is 14.3. The Bertz CT molecular complexity index is 385. The summed E-state index contributed by atoms with van der Waals surface area (Å²) < 4.78 is 5.02. The first-order valence-electron chi connectivity index (χ1n) is 7.76. The predicted molar refractivity (Wildman–Crippen MR) is 88.4 cm³/mol. The Morgan fingerprint density at radius 1 is 1.24 bits per heavy atom. The standard InChI is InChI=1S/C16H31N3O2/c1-7-18-10-13(15(17)16(20)21-8-2)14(9-11(3)4)19-12(5)6/h11-12,18H,7-10,17H2,1-6H3/b15-13-,19-14?. The number of ether oxygens (including phenoxy) is 1. The maximum atomic E-state index is 11.9. The van der Waals surface area contributed by atoms with Gasteiger partial charge in [0, 0.05) is 23.9 Å². The zero-order chi connectivity index (χ0) is 16.4. The van der Waals surface area contributed by atoms with Crippen LogP contribution in [0, 0.1) is 5.92 Å². The second kappa shape index (κ2) is 10.4. The Hall–Kier alpha value is -1.36. The fraction of sp³-hybridized carbons (Fsp3) is 0.750. The quantitative estimate of drug-likeness (QED) is 0.389. The number of hydrogen-bond acceptors (Lipinski definition) is 5. The number of nitrogens with zero attached hydrogens (tertiary/aromatic N) is 1. The Morgan fingerprint density at radius 3 is 2.29 bits per heavy atom. The molecule has 0 aliphatic rings. The van der Waals surface area contributed by atoms with E-state index >= 15 is 0 Å². The monoisotopic (exact) mass is 297 g/mol. The highest BCUT2D eigenvalue weighted by Crippen LogP contribution is 2.14. The van der Waals surface area contributed by atoms with Crippen molar-refractivity contribution in [3.8, 4) is 0 Å². The van der Waals surface area contributed by atoms with Gasteiger partial charge in [-0.1, -0.05) is 20.8 Å². The summed E-state index contributed by atoms with van der Waals surface area (Å²) in [6.45, 7) is 13.7. The highest BCUT2D eigenvalue weighted by molar-refractivity contribution is 6.06. The highest BCUT2D eigenvalue weighted by Gasteiger charge is 2.18. The molecule has 0 amide bonds. The molecular formula is C16H31N3O2. The SMILES string of the molecule is CCNC/C(C(CC(C)C)=NC(C)C)=C(/N)C(=O)OCC. The molecule has 0 saturated carbocycles. The summed E-state index contributed by atoms with van der Waals surface area (Å²) in [6.07, 6.45) is 0.791. The van der Waals surface area contributed by atoms with Gasteiger partial charge < -0.3 is 15.8 Å². The van der Waals surface area contributed by atoms with Gasteiger partial charge in [0.15, 0.2) is 0 Å². The molecule has 5 heteroatoms. The summed E-state index contributed by atoms with van der Waals surface area (Å²) in [5.74, 6) is -0.0280. The molecule has 0 unspecified atom stereocenters. The summed E-state index contributed by atoms with van der Waals surface area (Å²) in [5, 5.41) is 3.23. The van der Waals surface area contributed by atoms with Gasteiger partial charge in [0.2, 0.25) is 0 Å². The third-order valence-electron chi connectivity index (χ3n) is 2.74. The van der Waals surface area contributed by atoms with Gasteiger partial charge in [0.05, 0.1) is 6.61 Å². The van der Waals surface area contributed by atoms with Gasteiger partial charge in [-0.05, 0) is 39.7 Å². The summed E-state index contributed by atoms with van der Waals surface area (Å²) >= 11 is 0. The van der Waals surface area contributed by atoms with Crippen molar-refractivity contribution in [2.75, 3.05) is 19.7 Å². The highest BCUT2D eigenvalue weighted by atomic mass is 16.5. The van der Waals surface area contributed by atoms with E-state index in [1.165, 1.54) is 0 Å². The molecule has 0 aliphatic heterocycles. The van der Waals surface area contributed by atoms with Crippen LogP contribution in [0.5, 0.6) is 0 Å². The van der Waals surface area contributed by atoms with Gasteiger partial charge in [-0.2, -0.15) is 0 Å². The van der Waals surface area contributed by atoms with Crippen molar-refractivity contribution in [2.45, 2.75) is 54.0 Å². The van der Waals surface area contributed by atoms with Gasteiger partial charge in [0.1, 0.15) is 5.70 Å². The van der Waals surface area contributed by atoms with Gasteiger partial charge in [-0.25, -0.2) is 4.79 Å². The molecule has 0 aromatic rings. The molecule has 3 N–H and O–H groups in total. The number of carbonyl (C=O) groups is 1. The van der Waals surface area contributed by atoms with Crippen molar-refractivity contribution in [1.82, 2.24) is 5.32 Å². The molecule has 0 radical (unpaired) electrons. The van der Waals surface area contributed by atoms with Crippen LogP contribution in [-0.4, -0.2) is 37.4 Å². The summed E-state index contributed by atoms with van der Waals surface area (Å²) in [4.78, 5) is 16.6. The molecule has 122 valence electrons. The summed E-state index contributed by atoms with van der Waals surface area (Å²) in [7, 11) is 0. The molecule has 0 aromatic heterocycles. The Kier molecular flexibility index (Phi) is 9.71. The van der Waals surface area contributed by atoms with Crippen molar-refractivity contribution >= 4 is 11.7 Å². The van der Waals surface area contributed by atoms with Gasteiger partial charge in [-0.15, -0.1) is 0 Å². The molecule has 0 atom stereocenters. The molecular weight excluding hydrogens is 266 g/mol. The lowest BCUT2D eigenvalue weighted by Crippen LogP contribution is -2.29. The van der Waals surface area contributed by atoms with Crippen LogP contribution in [0.3, 0.4) is 0 Å². The van der Waals surface area contributed by atoms with Crippen LogP contribution >= 0.6 is 0 Å². The number of rotatable bonds is 9. The summed E-state index contributed by atoms with van der Waals surface area (Å²) in [5.41, 5.74) is 7.85. The average Bonchev–Trinajstić information content (AvgIpc) is 2.37. The molecule has 0 spiro atoms. The van der Waals surface area contributed by atoms with E-state index in [0.29, 0.717) is 19.1 Å². The van der Waals surface area contributed by atoms with E-state index in [1.54, 1.807) is 6.92 Å². The topological polar surface area (TPSA) is 76.7 Å². The Labute approximate surface area is 129 Å².